The Bertz CT molecular complexity index is 472. The predicted octanol–water partition coefficient (Wildman–Crippen LogP) is 4.39. The molecule has 1 aromatic rings. The monoisotopic (exact) mass is 289 g/mol. The third-order valence-corrected chi connectivity index (χ3v) is 2.96. The van der Waals surface area contributed by atoms with Crippen molar-refractivity contribution in [3.05, 3.63) is 29.3 Å². The Morgan fingerprint density at radius 2 is 2.05 bits per heavy atom. The minimum atomic E-state index is -4.67. The minimum absolute atomic E-state index is 0.0772. The van der Waals surface area contributed by atoms with Crippen LogP contribution in [0.5, 0.6) is 0 Å². The molecule has 0 spiro atoms. The SMILES string of the molecule is CCCCC(C)Nc1ccc(C(F)(F)F)c(C(=O)O)c1. The zero-order valence-corrected chi connectivity index (χ0v) is 11.4. The molecule has 1 rings (SSSR count). The molecule has 0 saturated carbocycles. The summed E-state index contributed by atoms with van der Waals surface area (Å²) in [5.41, 5.74) is -1.47. The third-order valence-electron chi connectivity index (χ3n) is 2.96. The summed E-state index contributed by atoms with van der Waals surface area (Å²) in [6, 6.07) is 3.18. The van der Waals surface area contributed by atoms with E-state index in [1.807, 2.05) is 13.8 Å². The summed E-state index contributed by atoms with van der Waals surface area (Å²) >= 11 is 0. The molecule has 1 atom stereocenters. The summed E-state index contributed by atoms with van der Waals surface area (Å²) in [4.78, 5) is 11.0. The minimum Gasteiger partial charge on any atom is -0.478 e. The van der Waals surface area contributed by atoms with Gasteiger partial charge in [-0.25, -0.2) is 4.79 Å². The Labute approximate surface area is 115 Å². The number of alkyl halides is 3. The maximum Gasteiger partial charge on any atom is 0.417 e. The number of carbonyl (C=O) groups is 1. The number of aromatic carboxylic acids is 1. The van der Waals surface area contributed by atoms with Gasteiger partial charge in [-0.3, -0.25) is 0 Å². The molecule has 112 valence electrons. The van der Waals surface area contributed by atoms with Gasteiger partial charge in [-0.1, -0.05) is 19.8 Å². The van der Waals surface area contributed by atoms with Gasteiger partial charge in [0.2, 0.25) is 0 Å². The first kappa shape index (κ1) is 16.3. The summed E-state index contributed by atoms with van der Waals surface area (Å²) in [6.07, 6.45) is -1.76. The van der Waals surface area contributed by atoms with Gasteiger partial charge in [0.25, 0.3) is 0 Å². The van der Waals surface area contributed by atoms with Crippen molar-refractivity contribution in [2.24, 2.45) is 0 Å². The number of rotatable bonds is 6. The number of hydrogen-bond donors (Lipinski definition) is 2. The fraction of sp³-hybridized carbons (Fsp3) is 0.500. The zero-order valence-electron chi connectivity index (χ0n) is 11.4. The topological polar surface area (TPSA) is 49.3 Å². The highest BCUT2D eigenvalue weighted by Gasteiger charge is 2.35. The van der Waals surface area contributed by atoms with E-state index in [1.165, 1.54) is 6.07 Å². The molecule has 0 saturated heterocycles. The van der Waals surface area contributed by atoms with Crippen molar-refractivity contribution >= 4 is 11.7 Å². The van der Waals surface area contributed by atoms with Crippen LogP contribution in [0.4, 0.5) is 18.9 Å². The molecule has 0 aliphatic heterocycles. The lowest BCUT2D eigenvalue weighted by atomic mass is 10.1. The molecule has 0 aliphatic carbocycles. The van der Waals surface area contributed by atoms with E-state index in [2.05, 4.69) is 5.32 Å². The quantitative estimate of drug-likeness (QED) is 0.816. The summed E-state index contributed by atoms with van der Waals surface area (Å²) in [6.45, 7) is 3.96. The number of hydrogen-bond acceptors (Lipinski definition) is 2. The Morgan fingerprint density at radius 3 is 2.55 bits per heavy atom. The Kier molecular flexibility index (Phi) is 5.42. The molecular formula is C14H18F3NO2. The van der Waals surface area contributed by atoms with Crippen molar-refractivity contribution < 1.29 is 23.1 Å². The Hall–Kier alpha value is -1.72. The molecule has 0 amide bonds. The zero-order chi connectivity index (χ0) is 15.3. The lowest BCUT2D eigenvalue weighted by Gasteiger charge is -2.17. The van der Waals surface area contributed by atoms with Crippen molar-refractivity contribution in [3.8, 4) is 0 Å². The van der Waals surface area contributed by atoms with Crippen LogP contribution in [-0.4, -0.2) is 17.1 Å². The van der Waals surface area contributed by atoms with Crippen LogP contribution in [0.2, 0.25) is 0 Å². The number of carboxylic acid groups (broad SMARTS) is 1. The first-order valence-corrected chi connectivity index (χ1v) is 6.46. The average Bonchev–Trinajstić information content (AvgIpc) is 2.34. The van der Waals surface area contributed by atoms with Gasteiger partial charge >= 0.3 is 12.1 Å². The summed E-state index contributed by atoms with van der Waals surface area (Å²) < 4.78 is 38.1. The van der Waals surface area contributed by atoms with Crippen LogP contribution in [0, 0.1) is 0 Å². The summed E-state index contributed by atoms with van der Waals surface area (Å²) in [7, 11) is 0. The van der Waals surface area contributed by atoms with Crippen LogP contribution in [0.3, 0.4) is 0 Å². The van der Waals surface area contributed by atoms with Gasteiger partial charge in [-0.2, -0.15) is 13.2 Å². The van der Waals surface area contributed by atoms with Crippen LogP contribution >= 0.6 is 0 Å². The van der Waals surface area contributed by atoms with E-state index in [-0.39, 0.29) is 6.04 Å². The van der Waals surface area contributed by atoms with Gasteiger partial charge in [0, 0.05) is 11.7 Å². The van der Waals surface area contributed by atoms with E-state index in [1.54, 1.807) is 0 Å². The molecule has 1 aromatic carbocycles. The van der Waals surface area contributed by atoms with Crippen molar-refractivity contribution in [1.29, 1.82) is 0 Å². The van der Waals surface area contributed by atoms with Crippen LogP contribution in [-0.2, 0) is 6.18 Å². The molecule has 0 heterocycles. The first-order chi connectivity index (χ1) is 9.25. The fourth-order valence-corrected chi connectivity index (χ4v) is 1.93. The van der Waals surface area contributed by atoms with E-state index in [0.717, 1.165) is 31.4 Å². The molecule has 0 aliphatic rings. The van der Waals surface area contributed by atoms with Crippen LogP contribution in [0.15, 0.2) is 18.2 Å². The molecule has 0 bridgehead atoms. The van der Waals surface area contributed by atoms with E-state index in [4.69, 9.17) is 5.11 Å². The molecule has 3 nitrogen and oxygen atoms in total. The number of benzene rings is 1. The molecule has 0 fully saturated rings. The standard InChI is InChI=1S/C14H18F3NO2/c1-3-4-5-9(2)18-10-6-7-12(14(15,16)17)11(8-10)13(19)20/h6-9,18H,3-5H2,1-2H3,(H,19,20). The third kappa shape index (κ3) is 4.43. The van der Waals surface area contributed by atoms with Crippen LogP contribution in [0.1, 0.15) is 49.0 Å². The molecule has 0 aromatic heterocycles. The highest BCUT2D eigenvalue weighted by Crippen LogP contribution is 2.33. The number of unbranched alkanes of at least 4 members (excludes halogenated alkanes) is 1. The highest BCUT2D eigenvalue weighted by molar-refractivity contribution is 5.91. The van der Waals surface area contributed by atoms with Crippen LogP contribution in [0.25, 0.3) is 0 Å². The van der Waals surface area contributed by atoms with Crippen molar-refractivity contribution in [3.63, 3.8) is 0 Å². The van der Waals surface area contributed by atoms with E-state index >= 15 is 0 Å². The Balaban J connectivity index is 2.96. The van der Waals surface area contributed by atoms with Gasteiger partial charge in [-0.05, 0) is 31.5 Å². The second-order valence-electron chi connectivity index (χ2n) is 4.75. The van der Waals surface area contributed by atoms with Gasteiger partial charge in [0.05, 0.1) is 11.1 Å². The van der Waals surface area contributed by atoms with Crippen molar-refractivity contribution in [2.75, 3.05) is 5.32 Å². The molecular weight excluding hydrogens is 271 g/mol. The maximum atomic E-state index is 12.7. The number of carboxylic acids is 1. The van der Waals surface area contributed by atoms with Gasteiger partial charge in [-0.15, -0.1) is 0 Å². The highest BCUT2D eigenvalue weighted by atomic mass is 19.4. The normalized spacial score (nSPS) is 13.1. The molecule has 1 unspecified atom stereocenters. The molecule has 20 heavy (non-hydrogen) atoms. The van der Waals surface area contributed by atoms with E-state index < -0.39 is 23.3 Å². The average molecular weight is 289 g/mol. The second-order valence-corrected chi connectivity index (χ2v) is 4.75. The second kappa shape index (κ2) is 6.63. The predicted molar refractivity (Wildman–Crippen MR) is 71.0 cm³/mol. The number of nitrogens with one attached hydrogen (secondary N) is 1. The van der Waals surface area contributed by atoms with Gasteiger partial charge in [0.1, 0.15) is 0 Å². The van der Waals surface area contributed by atoms with E-state index in [9.17, 15) is 18.0 Å². The smallest absolute Gasteiger partial charge is 0.417 e. The largest absolute Gasteiger partial charge is 0.478 e. The lowest BCUT2D eigenvalue weighted by Crippen LogP contribution is -2.17. The molecule has 6 heteroatoms. The first-order valence-electron chi connectivity index (χ1n) is 6.46. The lowest BCUT2D eigenvalue weighted by molar-refractivity contribution is -0.138. The van der Waals surface area contributed by atoms with Gasteiger partial charge in [0.15, 0.2) is 0 Å². The maximum absolute atomic E-state index is 12.7. The van der Waals surface area contributed by atoms with E-state index in [0.29, 0.717) is 5.69 Å². The summed E-state index contributed by atoms with van der Waals surface area (Å²) in [5, 5.41) is 11.9. The molecule has 0 radical (unpaired) electrons. The molecule has 2 N–H and O–H groups in total. The fourth-order valence-electron chi connectivity index (χ4n) is 1.93. The Morgan fingerprint density at radius 1 is 1.40 bits per heavy atom. The number of halogens is 3. The van der Waals surface area contributed by atoms with Gasteiger partial charge < -0.3 is 10.4 Å². The van der Waals surface area contributed by atoms with Crippen LogP contribution < -0.4 is 5.32 Å². The van der Waals surface area contributed by atoms with Crippen molar-refractivity contribution in [2.45, 2.75) is 45.3 Å². The summed E-state index contributed by atoms with van der Waals surface area (Å²) in [5.74, 6) is -1.58. The number of anilines is 1. The van der Waals surface area contributed by atoms with Crippen molar-refractivity contribution in [1.82, 2.24) is 0 Å².